The van der Waals surface area contributed by atoms with E-state index in [1.54, 1.807) is 7.11 Å². The van der Waals surface area contributed by atoms with Crippen molar-refractivity contribution >= 4 is 57.6 Å². The Morgan fingerprint density at radius 2 is 1.26 bits per heavy atom. The van der Waals surface area contributed by atoms with Crippen molar-refractivity contribution in [3.05, 3.63) is 52.5 Å². The summed E-state index contributed by atoms with van der Waals surface area (Å²) in [5.74, 6) is 1.61. The molecular weight excluding hydrogens is 448 g/mol. The third kappa shape index (κ3) is 10.7. The zero-order valence-electron chi connectivity index (χ0n) is 19.4. The molecule has 31 heavy (non-hydrogen) atoms. The highest BCUT2D eigenvalue weighted by molar-refractivity contribution is 7.80. The highest BCUT2D eigenvalue weighted by Gasteiger charge is 2.08. The number of thiocarbonyl (C=S) groups is 2. The summed E-state index contributed by atoms with van der Waals surface area (Å²) >= 11 is 15.5. The first-order chi connectivity index (χ1) is 14.5. The van der Waals surface area contributed by atoms with Crippen LogP contribution in [-0.4, -0.2) is 17.3 Å². The van der Waals surface area contributed by atoms with Gasteiger partial charge in [0.1, 0.15) is 5.75 Å². The standard InChI is InChI=1S/C11H16N2OS.C10H13ClN2S.C2H6/c1-7(2)9-5-4-8(14-3)6-10(9)13-11(12)15;1-6(2)8-4-3-7(11)5-9(8)13-10(12)14;1-2/h4-7H,1-3H3,(H3,12,13,15);3-6H,1-2H3,(H3,12,13,14);1-2H3. The molecule has 6 N–H and O–H groups in total. The predicted molar refractivity (Wildman–Crippen MR) is 145 cm³/mol. The molecule has 172 valence electrons. The van der Waals surface area contributed by atoms with Crippen molar-refractivity contribution in [1.29, 1.82) is 0 Å². The summed E-state index contributed by atoms with van der Waals surface area (Å²) in [6.45, 7) is 12.4. The number of hydrogen-bond acceptors (Lipinski definition) is 3. The summed E-state index contributed by atoms with van der Waals surface area (Å²) in [7, 11) is 1.63. The lowest BCUT2D eigenvalue weighted by molar-refractivity contribution is 0.415. The van der Waals surface area contributed by atoms with E-state index < -0.39 is 0 Å². The van der Waals surface area contributed by atoms with E-state index in [2.05, 4.69) is 38.3 Å². The van der Waals surface area contributed by atoms with Crippen molar-refractivity contribution in [2.75, 3.05) is 17.7 Å². The lowest BCUT2D eigenvalue weighted by Crippen LogP contribution is -2.20. The Hall–Kier alpha value is -2.09. The van der Waals surface area contributed by atoms with Gasteiger partial charge in [-0.25, -0.2) is 0 Å². The number of halogens is 1. The highest BCUT2D eigenvalue weighted by Crippen LogP contribution is 2.28. The van der Waals surface area contributed by atoms with E-state index in [1.807, 2.05) is 50.2 Å². The van der Waals surface area contributed by atoms with E-state index in [1.165, 1.54) is 5.56 Å². The molecule has 0 unspecified atom stereocenters. The summed E-state index contributed by atoms with van der Waals surface area (Å²) in [4.78, 5) is 0. The van der Waals surface area contributed by atoms with Crippen LogP contribution in [0.4, 0.5) is 11.4 Å². The number of nitrogens with one attached hydrogen (secondary N) is 2. The van der Waals surface area contributed by atoms with Gasteiger partial charge in [-0.3, -0.25) is 0 Å². The molecule has 0 spiro atoms. The number of anilines is 2. The lowest BCUT2D eigenvalue weighted by atomic mass is 10.0. The Morgan fingerprint density at radius 1 is 0.839 bits per heavy atom. The van der Waals surface area contributed by atoms with Crippen molar-refractivity contribution in [3.63, 3.8) is 0 Å². The number of nitrogens with two attached hydrogens (primary N) is 2. The van der Waals surface area contributed by atoms with Gasteiger partial charge in [0.25, 0.3) is 0 Å². The minimum Gasteiger partial charge on any atom is -0.497 e. The molecule has 0 aliphatic carbocycles. The molecule has 0 heterocycles. The third-order valence-corrected chi connectivity index (χ3v) is 4.47. The van der Waals surface area contributed by atoms with Crippen LogP contribution in [0.1, 0.15) is 64.5 Å². The van der Waals surface area contributed by atoms with Gasteiger partial charge in [0.15, 0.2) is 10.2 Å². The maximum atomic E-state index is 5.88. The fourth-order valence-corrected chi connectivity index (χ4v) is 3.07. The van der Waals surface area contributed by atoms with E-state index in [0.29, 0.717) is 16.9 Å². The van der Waals surface area contributed by atoms with Gasteiger partial charge in [-0.2, -0.15) is 0 Å². The normalized spacial score (nSPS) is 9.74. The van der Waals surface area contributed by atoms with Crippen LogP contribution in [0, 0.1) is 0 Å². The monoisotopic (exact) mass is 482 g/mol. The average Bonchev–Trinajstić information content (AvgIpc) is 2.68. The smallest absolute Gasteiger partial charge is 0.168 e. The molecule has 0 aliphatic rings. The largest absolute Gasteiger partial charge is 0.497 e. The van der Waals surface area contributed by atoms with Gasteiger partial charge in [-0.1, -0.05) is 65.3 Å². The lowest BCUT2D eigenvalue weighted by Gasteiger charge is -2.14. The Bertz CT molecular complexity index is 857. The SMILES string of the molecule is CC.CC(C)c1ccc(Cl)cc1NC(N)=S.COc1ccc(C(C)C)c(NC(N)=S)c1. The quantitative estimate of drug-likeness (QED) is 0.356. The second kappa shape index (κ2) is 14.8. The number of hydrogen-bond donors (Lipinski definition) is 4. The van der Waals surface area contributed by atoms with Crippen LogP contribution >= 0.6 is 36.0 Å². The van der Waals surface area contributed by atoms with E-state index in [4.69, 9.17) is 52.2 Å². The van der Waals surface area contributed by atoms with Gasteiger partial charge in [0, 0.05) is 22.5 Å². The van der Waals surface area contributed by atoms with Crippen molar-refractivity contribution in [1.82, 2.24) is 0 Å². The van der Waals surface area contributed by atoms with Crippen LogP contribution in [0.15, 0.2) is 36.4 Å². The topological polar surface area (TPSA) is 85.3 Å². The Balaban J connectivity index is 0.000000539. The molecule has 8 heteroatoms. The predicted octanol–water partition coefficient (Wildman–Crippen LogP) is 6.62. The summed E-state index contributed by atoms with van der Waals surface area (Å²) in [6.07, 6.45) is 0. The molecule has 0 bridgehead atoms. The van der Waals surface area contributed by atoms with E-state index in [0.717, 1.165) is 22.7 Å². The highest BCUT2D eigenvalue weighted by atomic mass is 35.5. The molecule has 0 amide bonds. The molecule has 2 aromatic rings. The summed E-state index contributed by atoms with van der Waals surface area (Å²) in [5.41, 5.74) is 15.0. The van der Waals surface area contributed by atoms with Crippen LogP contribution in [0.25, 0.3) is 0 Å². The Labute approximate surface area is 202 Å². The minimum atomic E-state index is 0.258. The fraction of sp³-hybridized carbons (Fsp3) is 0.391. The summed E-state index contributed by atoms with van der Waals surface area (Å²) in [5, 5.41) is 7.08. The van der Waals surface area contributed by atoms with Crippen molar-refractivity contribution < 1.29 is 4.74 Å². The molecule has 0 atom stereocenters. The van der Waals surface area contributed by atoms with Crippen molar-refractivity contribution in [3.8, 4) is 5.75 Å². The molecule has 5 nitrogen and oxygen atoms in total. The average molecular weight is 483 g/mol. The first-order valence-electron chi connectivity index (χ1n) is 10.1. The second-order valence-corrected chi connectivity index (χ2v) is 8.29. The molecule has 0 aromatic heterocycles. The summed E-state index contributed by atoms with van der Waals surface area (Å²) in [6, 6.07) is 11.5. The maximum absolute atomic E-state index is 5.88. The van der Waals surface area contributed by atoms with Gasteiger partial charge in [-0.05, 0) is 65.6 Å². The molecule has 0 saturated heterocycles. The number of ether oxygens (including phenoxy) is 1. The zero-order chi connectivity index (χ0) is 24.1. The Kier molecular flexibility index (Phi) is 13.8. The second-order valence-electron chi connectivity index (χ2n) is 6.97. The molecular formula is C23H35ClN4OS2. The van der Waals surface area contributed by atoms with Gasteiger partial charge in [0.05, 0.1) is 7.11 Å². The van der Waals surface area contributed by atoms with E-state index in [9.17, 15) is 0 Å². The van der Waals surface area contributed by atoms with Gasteiger partial charge < -0.3 is 26.8 Å². The van der Waals surface area contributed by atoms with E-state index in [-0.39, 0.29) is 10.2 Å². The number of benzene rings is 2. The first-order valence-corrected chi connectivity index (χ1v) is 11.3. The third-order valence-electron chi connectivity index (χ3n) is 4.04. The molecule has 0 radical (unpaired) electrons. The van der Waals surface area contributed by atoms with Crippen molar-refractivity contribution in [2.45, 2.75) is 53.4 Å². The van der Waals surface area contributed by atoms with E-state index >= 15 is 0 Å². The Morgan fingerprint density at radius 3 is 1.65 bits per heavy atom. The van der Waals surface area contributed by atoms with Gasteiger partial charge >= 0.3 is 0 Å². The zero-order valence-corrected chi connectivity index (χ0v) is 21.8. The first kappa shape index (κ1) is 28.9. The van der Waals surface area contributed by atoms with Crippen LogP contribution in [0.3, 0.4) is 0 Å². The molecule has 2 rings (SSSR count). The summed E-state index contributed by atoms with van der Waals surface area (Å²) < 4.78 is 5.15. The van der Waals surface area contributed by atoms with Crippen LogP contribution in [-0.2, 0) is 0 Å². The molecule has 2 aromatic carbocycles. The van der Waals surface area contributed by atoms with Crippen LogP contribution in [0.2, 0.25) is 5.02 Å². The molecule has 0 saturated carbocycles. The number of methoxy groups -OCH3 is 1. The fourth-order valence-electron chi connectivity index (χ4n) is 2.68. The molecule has 0 aliphatic heterocycles. The van der Waals surface area contributed by atoms with Crippen LogP contribution in [0.5, 0.6) is 5.75 Å². The van der Waals surface area contributed by atoms with Gasteiger partial charge in [0.2, 0.25) is 0 Å². The van der Waals surface area contributed by atoms with Crippen molar-refractivity contribution in [2.24, 2.45) is 11.5 Å². The van der Waals surface area contributed by atoms with Gasteiger partial charge in [-0.15, -0.1) is 0 Å². The minimum absolute atomic E-state index is 0.258. The number of rotatable bonds is 5. The molecule has 0 fully saturated rings. The maximum Gasteiger partial charge on any atom is 0.168 e. The van der Waals surface area contributed by atoms with Crippen LogP contribution < -0.4 is 26.8 Å².